The number of aliphatic carboxylic acids is 1. The highest BCUT2D eigenvalue weighted by Crippen LogP contribution is 2.61. The van der Waals surface area contributed by atoms with Gasteiger partial charge in [0.2, 0.25) is 11.8 Å². The number of phosphoric acid groups is 3. The summed E-state index contributed by atoms with van der Waals surface area (Å²) in [4.78, 5) is 98.7. The first-order valence-electron chi connectivity index (χ1n) is 20.4. The molecule has 8 unspecified atom stereocenters. The average Bonchev–Trinajstić information content (AvgIpc) is 3.78. The predicted octanol–water partition coefficient (Wildman–Crippen LogP) is 1.18. The van der Waals surface area contributed by atoms with Crippen LogP contribution in [0.15, 0.2) is 24.8 Å². The van der Waals surface area contributed by atoms with Gasteiger partial charge in [-0.3, -0.25) is 37.3 Å². The van der Waals surface area contributed by atoms with E-state index in [2.05, 4.69) is 34.4 Å². The van der Waals surface area contributed by atoms with Gasteiger partial charge in [0, 0.05) is 43.5 Å². The normalized spacial score (nSPS) is 20.7. The van der Waals surface area contributed by atoms with E-state index < -0.39 is 96.6 Å². The Bertz CT molecular complexity index is 2110. The third kappa shape index (κ3) is 20.1. The zero-order valence-corrected chi connectivity index (χ0v) is 39.5. The van der Waals surface area contributed by atoms with Crippen LogP contribution in [0.3, 0.4) is 0 Å². The molecule has 0 saturated carbocycles. The maximum Gasteiger partial charge on any atom is 0.481 e. The molecular formula is C35H58N7O20P3S. The van der Waals surface area contributed by atoms with E-state index in [4.69, 9.17) is 24.6 Å². The van der Waals surface area contributed by atoms with Crippen LogP contribution in [0.5, 0.6) is 0 Å². The fraction of sp³-hybridized carbons (Fsp3) is 0.686. The summed E-state index contributed by atoms with van der Waals surface area (Å²) in [5.41, 5.74) is 4.21. The third-order valence-electron chi connectivity index (χ3n) is 9.50. The van der Waals surface area contributed by atoms with E-state index in [-0.39, 0.29) is 60.2 Å². The summed E-state index contributed by atoms with van der Waals surface area (Å²) in [5, 5.41) is 44.9. The number of nitrogens with two attached hydrogens (primary N) is 1. The number of carboxylic acids is 1. The van der Waals surface area contributed by atoms with Crippen LogP contribution in [0, 0.1) is 5.41 Å². The molecule has 3 heterocycles. The van der Waals surface area contributed by atoms with Crippen molar-refractivity contribution in [2.24, 2.45) is 5.41 Å². The Balaban J connectivity index is 1.35. The van der Waals surface area contributed by atoms with Crippen molar-refractivity contribution in [3.63, 3.8) is 0 Å². The molecule has 0 radical (unpaired) electrons. The first-order chi connectivity index (χ1) is 30.8. The standard InChI is InChI=1S/C35H58N7O20P3S/c1-35(2,30(49)33(50)38-14-13-24(44)37-15-16-66-26(47)17-22(43)11-9-7-5-3-4-6-8-10-12-25(45)46)19-59-65(56,57)62-64(54,55)58-18-23-29(61-63(51,52)53)28(48)34(60-23)42-21-41-27-31(36)39-20-40-32(27)42/h7,9,20-23,28-30,34,43,48-49H,3-6,8,10-19H2,1-2H3,(H,37,44)(H,38,50)(H,45,46)(H,54,55)(H,56,57)(H2,36,39,40)(H2,51,52,53)/b9-7+. The van der Waals surface area contributed by atoms with Gasteiger partial charge in [0.15, 0.2) is 22.8 Å². The number of phosphoric ester groups is 3. The van der Waals surface area contributed by atoms with E-state index in [1.807, 2.05) is 12.2 Å². The Morgan fingerprint density at radius 3 is 2.33 bits per heavy atom. The number of hydrogen-bond acceptors (Lipinski definition) is 20. The smallest absolute Gasteiger partial charge is 0.481 e. The molecule has 1 aliphatic heterocycles. The maximum atomic E-state index is 12.7. The molecular weight excluding hydrogens is 963 g/mol. The van der Waals surface area contributed by atoms with Crippen molar-refractivity contribution in [3.05, 3.63) is 24.8 Å². The van der Waals surface area contributed by atoms with Gasteiger partial charge in [-0.2, -0.15) is 4.31 Å². The quantitative estimate of drug-likeness (QED) is 0.0287. The molecule has 66 heavy (non-hydrogen) atoms. The number of nitrogen functional groups attached to an aromatic ring is 1. The summed E-state index contributed by atoms with van der Waals surface area (Å²) in [7, 11) is -16.5. The number of aliphatic hydroxyl groups excluding tert-OH is 3. The second-order valence-electron chi connectivity index (χ2n) is 15.6. The minimum atomic E-state index is -5.60. The van der Waals surface area contributed by atoms with E-state index >= 15 is 0 Å². The van der Waals surface area contributed by atoms with Crippen molar-refractivity contribution in [2.75, 3.05) is 37.8 Å². The minimum absolute atomic E-state index is 0.0201. The van der Waals surface area contributed by atoms with Crippen molar-refractivity contribution >= 4 is 75.1 Å². The van der Waals surface area contributed by atoms with Crippen LogP contribution >= 0.6 is 35.2 Å². The number of aromatic nitrogens is 4. The van der Waals surface area contributed by atoms with E-state index in [9.17, 15) is 67.8 Å². The number of hydrogen-bond donors (Lipinski definition) is 11. The van der Waals surface area contributed by atoms with Crippen LogP contribution in [-0.2, 0) is 55.5 Å². The van der Waals surface area contributed by atoms with Crippen molar-refractivity contribution in [1.82, 2.24) is 30.2 Å². The molecule has 31 heteroatoms. The molecule has 374 valence electrons. The molecule has 1 fully saturated rings. The van der Waals surface area contributed by atoms with E-state index in [0.29, 0.717) is 12.8 Å². The van der Waals surface area contributed by atoms with Crippen molar-refractivity contribution in [3.8, 4) is 0 Å². The third-order valence-corrected chi connectivity index (χ3v) is 13.5. The molecule has 3 rings (SSSR count). The van der Waals surface area contributed by atoms with Gasteiger partial charge in [0.1, 0.15) is 36.3 Å². The zero-order chi connectivity index (χ0) is 49.3. The maximum absolute atomic E-state index is 12.7. The molecule has 2 aromatic rings. The summed E-state index contributed by atoms with van der Waals surface area (Å²) in [5.74, 6) is -2.12. The van der Waals surface area contributed by atoms with Crippen molar-refractivity contribution in [2.45, 2.75) is 115 Å². The highest BCUT2D eigenvalue weighted by molar-refractivity contribution is 8.13. The Morgan fingerprint density at radius 2 is 1.64 bits per heavy atom. The van der Waals surface area contributed by atoms with Gasteiger partial charge in [-0.05, 0) is 25.7 Å². The van der Waals surface area contributed by atoms with E-state index in [1.165, 1.54) is 13.8 Å². The highest BCUT2D eigenvalue weighted by atomic mass is 32.2. The number of anilines is 1. The van der Waals surface area contributed by atoms with Gasteiger partial charge >= 0.3 is 29.4 Å². The Labute approximate surface area is 382 Å². The van der Waals surface area contributed by atoms with Crippen molar-refractivity contribution in [1.29, 1.82) is 0 Å². The number of aliphatic hydroxyl groups is 3. The van der Waals surface area contributed by atoms with Crippen LogP contribution in [0.1, 0.15) is 84.3 Å². The molecule has 0 spiro atoms. The summed E-state index contributed by atoms with van der Waals surface area (Å²) in [6.07, 6.45) is 1.46. The molecule has 2 aromatic heterocycles. The second kappa shape index (κ2) is 26.5. The first kappa shape index (κ1) is 57.1. The molecule has 1 aliphatic rings. The number of carbonyl (C=O) groups is 4. The number of nitrogens with zero attached hydrogens (tertiary/aromatic N) is 4. The number of unbranched alkanes of at least 4 members (excludes halogenated alkanes) is 5. The summed E-state index contributed by atoms with van der Waals surface area (Å²) < 4.78 is 62.3. The van der Waals surface area contributed by atoms with Gasteiger partial charge in [-0.1, -0.05) is 57.0 Å². The number of carboxylic acid groups (broad SMARTS) is 1. The number of thioether (sulfide) groups is 1. The second-order valence-corrected chi connectivity index (χ2v) is 20.9. The van der Waals surface area contributed by atoms with E-state index in [0.717, 1.165) is 61.1 Å². The van der Waals surface area contributed by atoms with Gasteiger partial charge in [-0.25, -0.2) is 28.6 Å². The lowest BCUT2D eigenvalue weighted by atomic mass is 9.87. The fourth-order valence-corrected chi connectivity index (χ4v) is 9.64. The summed E-state index contributed by atoms with van der Waals surface area (Å²) in [6.45, 7) is 0.273. The molecule has 0 aliphatic carbocycles. The number of allylic oxidation sites excluding steroid dienone is 1. The fourth-order valence-electron chi connectivity index (χ4n) is 6.07. The highest BCUT2D eigenvalue weighted by Gasteiger charge is 2.50. The summed E-state index contributed by atoms with van der Waals surface area (Å²) >= 11 is 0.936. The topological polar surface area (TPSA) is 421 Å². The average molecular weight is 1020 g/mol. The van der Waals surface area contributed by atoms with E-state index in [1.54, 1.807) is 0 Å². The largest absolute Gasteiger partial charge is 0.481 e. The predicted molar refractivity (Wildman–Crippen MR) is 231 cm³/mol. The lowest BCUT2D eigenvalue weighted by Gasteiger charge is -2.30. The number of nitrogens with one attached hydrogen (secondary N) is 2. The number of rotatable bonds is 31. The number of ether oxygens (including phenoxy) is 1. The van der Waals surface area contributed by atoms with Gasteiger partial charge in [-0.15, -0.1) is 0 Å². The molecule has 27 nitrogen and oxygen atoms in total. The molecule has 1 saturated heterocycles. The molecule has 0 bridgehead atoms. The number of imidazole rings is 1. The number of amides is 2. The molecule has 12 N–H and O–H groups in total. The SMILES string of the molecule is CC(C)(COP(=O)(O)OP(=O)(O)OCC1OC(n2cnc3c(N)ncnc32)C(O)C1OP(=O)(O)O)C(O)C(=O)NCCC(=O)NCCSC(=O)CC(O)C/C=C/CCCCCCCC(=O)O. The molecule has 0 aromatic carbocycles. The van der Waals surface area contributed by atoms with Crippen LogP contribution in [0.2, 0.25) is 0 Å². The summed E-state index contributed by atoms with van der Waals surface area (Å²) in [6, 6.07) is 0. The van der Waals surface area contributed by atoms with Gasteiger partial charge < -0.3 is 61.1 Å². The van der Waals surface area contributed by atoms with Crippen molar-refractivity contribution < 1.29 is 95.5 Å². The molecule has 8 atom stereocenters. The monoisotopic (exact) mass is 1020 g/mol. The zero-order valence-electron chi connectivity index (χ0n) is 36.0. The van der Waals surface area contributed by atoms with Gasteiger partial charge in [0.25, 0.3) is 0 Å². The Hall–Kier alpha value is -3.27. The first-order valence-corrected chi connectivity index (χ1v) is 25.9. The lowest BCUT2D eigenvalue weighted by molar-refractivity contribution is -0.137. The number of fused-ring (bicyclic) bond motifs is 1. The number of carbonyl (C=O) groups excluding carboxylic acids is 3. The molecule has 2 amide bonds. The minimum Gasteiger partial charge on any atom is -0.481 e. The Morgan fingerprint density at radius 1 is 0.955 bits per heavy atom. The Kier molecular flexibility index (Phi) is 22.9. The van der Waals surface area contributed by atoms with Gasteiger partial charge in [0.05, 0.1) is 25.6 Å². The lowest BCUT2D eigenvalue weighted by Crippen LogP contribution is -2.46. The van der Waals surface area contributed by atoms with Crippen LogP contribution in [-0.4, -0.2) is 145 Å². The van der Waals surface area contributed by atoms with Crippen LogP contribution in [0.4, 0.5) is 5.82 Å². The van der Waals surface area contributed by atoms with Crippen LogP contribution in [0.25, 0.3) is 11.2 Å². The van der Waals surface area contributed by atoms with Crippen LogP contribution < -0.4 is 16.4 Å².